The molecule has 0 saturated heterocycles. The van der Waals surface area contributed by atoms with Crippen LogP contribution in [0.25, 0.3) is 16.7 Å². The average molecular weight is 292 g/mol. The number of hydrogen-bond donors (Lipinski definition) is 1. The van der Waals surface area contributed by atoms with Gasteiger partial charge in [0, 0.05) is 0 Å². The normalized spacial score (nSPS) is 12.0. The van der Waals surface area contributed by atoms with Crippen molar-refractivity contribution in [1.82, 2.24) is 9.55 Å². The number of nitrogens with zero attached hydrogens (tertiary/aromatic N) is 1. The van der Waals surface area contributed by atoms with Crippen molar-refractivity contribution in [3.8, 4) is 5.69 Å². The highest BCUT2D eigenvalue weighted by atomic mass is 19.4. The number of imidazole rings is 1. The summed E-state index contributed by atoms with van der Waals surface area (Å²) in [6.07, 6.45) is -4.39. The average Bonchev–Trinajstić information content (AvgIpc) is 2.73. The van der Waals surface area contributed by atoms with Gasteiger partial charge in [-0.1, -0.05) is 6.07 Å². The number of hydrogen-bond acceptors (Lipinski definition) is 1. The topological polar surface area (TPSA) is 37.8 Å². The number of benzene rings is 2. The molecule has 1 N–H and O–H groups in total. The lowest BCUT2D eigenvalue weighted by molar-refractivity contribution is -0.137. The van der Waals surface area contributed by atoms with Crippen LogP contribution >= 0.6 is 0 Å². The fourth-order valence-corrected chi connectivity index (χ4v) is 2.28. The van der Waals surface area contributed by atoms with E-state index >= 15 is 0 Å². The van der Waals surface area contributed by atoms with E-state index in [1.165, 1.54) is 16.7 Å². The van der Waals surface area contributed by atoms with Crippen LogP contribution in [0.5, 0.6) is 0 Å². The summed E-state index contributed by atoms with van der Waals surface area (Å²) in [5, 5.41) is 0. The maximum Gasteiger partial charge on any atom is 0.416 e. The van der Waals surface area contributed by atoms with Gasteiger partial charge in [-0.15, -0.1) is 0 Å². The number of aryl methyl sites for hydroxylation is 1. The molecule has 0 atom stereocenters. The van der Waals surface area contributed by atoms with Gasteiger partial charge < -0.3 is 4.98 Å². The summed E-state index contributed by atoms with van der Waals surface area (Å²) in [7, 11) is 0. The van der Waals surface area contributed by atoms with Gasteiger partial charge in [0.05, 0.1) is 22.3 Å². The highest BCUT2D eigenvalue weighted by Gasteiger charge is 2.30. The molecule has 1 aromatic heterocycles. The molecule has 0 fully saturated rings. The van der Waals surface area contributed by atoms with Crippen LogP contribution in [0.15, 0.2) is 47.3 Å². The molecule has 1 heterocycles. The Labute approximate surface area is 117 Å². The zero-order valence-corrected chi connectivity index (χ0v) is 11.0. The smallest absolute Gasteiger partial charge is 0.305 e. The van der Waals surface area contributed by atoms with Crippen molar-refractivity contribution in [3.63, 3.8) is 0 Å². The Morgan fingerprint density at radius 1 is 1.05 bits per heavy atom. The number of fused-ring (bicyclic) bond motifs is 1. The van der Waals surface area contributed by atoms with Gasteiger partial charge >= 0.3 is 11.9 Å². The molecular weight excluding hydrogens is 281 g/mol. The lowest BCUT2D eigenvalue weighted by Gasteiger charge is -2.08. The van der Waals surface area contributed by atoms with Crippen molar-refractivity contribution in [2.75, 3.05) is 0 Å². The molecule has 2 aromatic carbocycles. The summed E-state index contributed by atoms with van der Waals surface area (Å²) in [5.41, 5.74) is 1.54. The Balaban J connectivity index is 2.17. The number of aromatic amines is 1. The first-order valence-corrected chi connectivity index (χ1v) is 6.25. The fraction of sp³-hybridized carbons (Fsp3) is 0.133. The number of H-pyrrole nitrogens is 1. The first-order chi connectivity index (χ1) is 9.86. The van der Waals surface area contributed by atoms with Crippen molar-refractivity contribution in [2.45, 2.75) is 13.1 Å². The largest absolute Gasteiger partial charge is 0.416 e. The van der Waals surface area contributed by atoms with Gasteiger partial charge in [0.15, 0.2) is 0 Å². The molecule has 3 aromatic rings. The first-order valence-electron chi connectivity index (χ1n) is 6.25. The minimum Gasteiger partial charge on any atom is -0.305 e. The predicted octanol–water partition coefficient (Wildman–Crippen LogP) is 3.65. The first kappa shape index (κ1) is 13.5. The molecule has 6 heteroatoms. The van der Waals surface area contributed by atoms with E-state index in [4.69, 9.17) is 0 Å². The van der Waals surface area contributed by atoms with E-state index in [1.807, 2.05) is 19.1 Å². The van der Waals surface area contributed by atoms with Gasteiger partial charge in [-0.3, -0.25) is 4.57 Å². The zero-order chi connectivity index (χ0) is 15.2. The molecule has 0 radical (unpaired) electrons. The van der Waals surface area contributed by atoms with Gasteiger partial charge in [-0.2, -0.15) is 13.2 Å². The zero-order valence-electron chi connectivity index (χ0n) is 11.0. The Hall–Kier alpha value is -2.50. The molecule has 0 saturated carbocycles. The maximum atomic E-state index is 12.6. The third kappa shape index (κ3) is 2.33. The van der Waals surface area contributed by atoms with Crippen LogP contribution in [-0.4, -0.2) is 9.55 Å². The van der Waals surface area contributed by atoms with Crippen LogP contribution < -0.4 is 5.69 Å². The number of halogens is 3. The summed E-state index contributed by atoms with van der Waals surface area (Å²) in [6, 6.07) is 9.94. The van der Waals surface area contributed by atoms with Gasteiger partial charge in [0.25, 0.3) is 0 Å². The Kier molecular flexibility index (Phi) is 2.90. The monoisotopic (exact) mass is 292 g/mol. The second-order valence-corrected chi connectivity index (χ2v) is 4.83. The minimum atomic E-state index is -4.39. The summed E-state index contributed by atoms with van der Waals surface area (Å²) in [4.78, 5) is 14.7. The van der Waals surface area contributed by atoms with Crippen LogP contribution in [0.3, 0.4) is 0 Å². The summed E-state index contributed by atoms with van der Waals surface area (Å²) >= 11 is 0. The van der Waals surface area contributed by atoms with Crippen LogP contribution in [0, 0.1) is 6.92 Å². The molecule has 21 heavy (non-hydrogen) atoms. The molecular formula is C15H11F3N2O. The van der Waals surface area contributed by atoms with Gasteiger partial charge in [-0.05, 0) is 48.9 Å². The standard InChI is InChI=1S/C15H11F3N2O/c1-9-2-7-13-12(8-9)19-14(21)20(13)11-5-3-10(4-6-11)15(16,17)18/h2-8H,1H3,(H,19,21). The molecule has 0 aliphatic carbocycles. The van der Waals surface area contributed by atoms with Crippen molar-refractivity contribution in [2.24, 2.45) is 0 Å². The Morgan fingerprint density at radius 2 is 1.71 bits per heavy atom. The number of rotatable bonds is 1. The Morgan fingerprint density at radius 3 is 2.33 bits per heavy atom. The van der Waals surface area contributed by atoms with Crippen molar-refractivity contribution in [3.05, 3.63) is 64.1 Å². The minimum absolute atomic E-state index is 0.379. The van der Waals surface area contributed by atoms with Gasteiger partial charge in [-0.25, -0.2) is 4.79 Å². The van der Waals surface area contributed by atoms with Crippen LogP contribution in [0.4, 0.5) is 13.2 Å². The predicted molar refractivity (Wildman–Crippen MR) is 73.6 cm³/mol. The number of alkyl halides is 3. The third-order valence-electron chi connectivity index (χ3n) is 3.29. The van der Waals surface area contributed by atoms with Crippen molar-refractivity contribution < 1.29 is 13.2 Å². The summed E-state index contributed by atoms with van der Waals surface area (Å²) in [6.45, 7) is 1.90. The molecule has 0 aliphatic rings. The van der Waals surface area contributed by atoms with E-state index < -0.39 is 11.7 Å². The molecule has 3 nitrogen and oxygen atoms in total. The molecule has 0 spiro atoms. The second kappa shape index (κ2) is 4.51. The number of aromatic nitrogens is 2. The van der Waals surface area contributed by atoms with Gasteiger partial charge in [0.1, 0.15) is 0 Å². The second-order valence-electron chi connectivity index (χ2n) is 4.83. The van der Waals surface area contributed by atoms with E-state index in [0.29, 0.717) is 16.7 Å². The lowest BCUT2D eigenvalue weighted by Crippen LogP contribution is -2.15. The molecule has 0 aliphatic heterocycles. The SMILES string of the molecule is Cc1ccc2c(c1)[nH]c(=O)n2-c1ccc(C(F)(F)F)cc1. The van der Waals surface area contributed by atoms with E-state index in [9.17, 15) is 18.0 Å². The summed E-state index contributed by atoms with van der Waals surface area (Å²) < 4.78 is 39.0. The highest BCUT2D eigenvalue weighted by Crippen LogP contribution is 2.29. The fourth-order valence-electron chi connectivity index (χ4n) is 2.28. The van der Waals surface area contributed by atoms with E-state index in [2.05, 4.69) is 4.98 Å². The molecule has 0 unspecified atom stereocenters. The summed E-state index contributed by atoms with van der Waals surface area (Å²) in [5.74, 6) is 0. The Bertz CT molecular complexity index is 857. The number of nitrogens with one attached hydrogen (secondary N) is 1. The molecule has 108 valence electrons. The van der Waals surface area contributed by atoms with Crippen molar-refractivity contribution in [1.29, 1.82) is 0 Å². The van der Waals surface area contributed by atoms with Gasteiger partial charge in [0.2, 0.25) is 0 Å². The molecule has 3 rings (SSSR count). The van der Waals surface area contributed by atoms with Crippen LogP contribution in [0.2, 0.25) is 0 Å². The van der Waals surface area contributed by atoms with E-state index in [1.54, 1.807) is 6.07 Å². The van der Waals surface area contributed by atoms with Crippen LogP contribution in [-0.2, 0) is 6.18 Å². The van der Waals surface area contributed by atoms with E-state index in [-0.39, 0.29) is 5.69 Å². The quantitative estimate of drug-likeness (QED) is 0.730. The maximum absolute atomic E-state index is 12.6. The highest BCUT2D eigenvalue weighted by molar-refractivity contribution is 5.78. The lowest BCUT2D eigenvalue weighted by atomic mass is 10.2. The molecule has 0 bridgehead atoms. The van der Waals surface area contributed by atoms with E-state index in [0.717, 1.165) is 17.7 Å². The molecule has 0 amide bonds. The van der Waals surface area contributed by atoms with Crippen LogP contribution in [0.1, 0.15) is 11.1 Å². The van der Waals surface area contributed by atoms with Crippen molar-refractivity contribution >= 4 is 11.0 Å². The third-order valence-corrected chi connectivity index (χ3v) is 3.29.